The lowest BCUT2D eigenvalue weighted by Crippen LogP contribution is -2.31. The van der Waals surface area contributed by atoms with E-state index in [9.17, 15) is 9.18 Å². The fourth-order valence-electron chi connectivity index (χ4n) is 1.75. The van der Waals surface area contributed by atoms with Gasteiger partial charge >= 0.3 is 0 Å². The molecule has 2 N–H and O–H groups in total. The topological polar surface area (TPSA) is 41.1 Å². The van der Waals surface area contributed by atoms with Crippen molar-refractivity contribution in [3.05, 3.63) is 59.9 Å². The first-order valence-electron chi connectivity index (χ1n) is 6.44. The molecule has 0 aliphatic heterocycles. The summed E-state index contributed by atoms with van der Waals surface area (Å²) >= 11 is 0. The molecule has 0 saturated carbocycles. The van der Waals surface area contributed by atoms with Crippen LogP contribution in [-0.4, -0.2) is 11.9 Å². The van der Waals surface area contributed by atoms with E-state index in [1.165, 1.54) is 29.8 Å². The van der Waals surface area contributed by atoms with Gasteiger partial charge in [-0.05, 0) is 50.2 Å². The lowest BCUT2D eigenvalue weighted by Gasteiger charge is -2.15. The molecular formula is C16H17FN2O. The van der Waals surface area contributed by atoms with E-state index in [4.69, 9.17) is 0 Å². The fourth-order valence-corrected chi connectivity index (χ4v) is 1.75. The Bertz CT molecular complexity index is 578. The van der Waals surface area contributed by atoms with Gasteiger partial charge in [0.05, 0.1) is 0 Å². The summed E-state index contributed by atoms with van der Waals surface area (Å²) < 4.78 is 12.8. The predicted molar refractivity (Wildman–Crippen MR) is 79.3 cm³/mol. The SMILES string of the molecule is Cc1ccc(N[C@@H](C)C(=O)Nc2ccc(F)cc2)cc1. The van der Waals surface area contributed by atoms with E-state index in [0.29, 0.717) is 5.69 Å². The van der Waals surface area contributed by atoms with E-state index < -0.39 is 0 Å². The molecule has 0 heterocycles. The molecule has 0 aliphatic rings. The minimum absolute atomic E-state index is 0.169. The van der Waals surface area contributed by atoms with Gasteiger partial charge in [-0.15, -0.1) is 0 Å². The van der Waals surface area contributed by atoms with E-state index in [2.05, 4.69) is 10.6 Å². The van der Waals surface area contributed by atoms with E-state index >= 15 is 0 Å². The number of amides is 1. The maximum atomic E-state index is 12.8. The van der Waals surface area contributed by atoms with Crippen LogP contribution in [0.5, 0.6) is 0 Å². The molecule has 1 amide bonds. The molecule has 0 radical (unpaired) electrons. The Kier molecular flexibility index (Phi) is 4.35. The molecule has 20 heavy (non-hydrogen) atoms. The van der Waals surface area contributed by atoms with E-state index in [-0.39, 0.29) is 17.8 Å². The van der Waals surface area contributed by atoms with Crippen molar-refractivity contribution >= 4 is 17.3 Å². The highest BCUT2D eigenvalue weighted by molar-refractivity contribution is 5.96. The zero-order valence-electron chi connectivity index (χ0n) is 11.5. The zero-order chi connectivity index (χ0) is 14.5. The van der Waals surface area contributed by atoms with Crippen molar-refractivity contribution in [2.24, 2.45) is 0 Å². The van der Waals surface area contributed by atoms with Crippen LogP contribution in [-0.2, 0) is 4.79 Å². The Morgan fingerprint density at radius 3 is 2.15 bits per heavy atom. The van der Waals surface area contributed by atoms with E-state index in [0.717, 1.165) is 5.69 Å². The Morgan fingerprint density at radius 2 is 1.55 bits per heavy atom. The Hall–Kier alpha value is -2.36. The van der Waals surface area contributed by atoms with Gasteiger partial charge in [-0.3, -0.25) is 4.79 Å². The summed E-state index contributed by atoms with van der Waals surface area (Å²) in [4.78, 5) is 12.0. The van der Waals surface area contributed by atoms with Crippen LogP contribution in [0.3, 0.4) is 0 Å². The van der Waals surface area contributed by atoms with Crippen molar-refractivity contribution in [2.75, 3.05) is 10.6 Å². The van der Waals surface area contributed by atoms with Gasteiger partial charge in [0.2, 0.25) is 5.91 Å². The van der Waals surface area contributed by atoms with Gasteiger partial charge in [0.1, 0.15) is 11.9 Å². The normalized spacial score (nSPS) is 11.8. The van der Waals surface area contributed by atoms with E-state index in [1.807, 2.05) is 31.2 Å². The van der Waals surface area contributed by atoms with Crippen LogP contribution in [0.4, 0.5) is 15.8 Å². The quantitative estimate of drug-likeness (QED) is 0.893. The standard InChI is InChI=1S/C16H17FN2O/c1-11-3-7-14(8-4-11)18-12(2)16(20)19-15-9-5-13(17)6-10-15/h3-10,12,18H,1-2H3,(H,19,20)/t12-/m0/s1. The fraction of sp³-hybridized carbons (Fsp3) is 0.188. The van der Waals surface area contributed by atoms with Gasteiger partial charge in [-0.25, -0.2) is 4.39 Å². The molecule has 0 aromatic heterocycles. The molecule has 0 unspecified atom stereocenters. The summed E-state index contributed by atoms with van der Waals surface area (Å²) in [7, 11) is 0. The third-order valence-corrected chi connectivity index (χ3v) is 2.94. The summed E-state index contributed by atoms with van der Waals surface area (Å²) in [6, 6.07) is 13.1. The van der Waals surface area contributed by atoms with Crippen molar-refractivity contribution in [1.29, 1.82) is 0 Å². The predicted octanol–water partition coefficient (Wildman–Crippen LogP) is 3.57. The second-order valence-corrected chi connectivity index (χ2v) is 4.73. The summed E-state index contributed by atoms with van der Waals surface area (Å²) in [5, 5.41) is 5.85. The minimum atomic E-state index is -0.386. The first-order chi connectivity index (χ1) is 9.54. The number of carbonyl (C=O) groups is 1. The number of aryl methyl sites for hydroxylation is 1. The Labute approximate surface area is 117 Å². The lowest BCUT2D eigenvalue weighted by atomic mass is 10.2. The average molecular weight is 272 g/mol. The van der Waals surface area contributed by atoms with Crippen LogP contribution >= 0.6 is 0 Å². The molecule has 2 aromatic rings. The molecule has 104 valence electrons. The van der Waals surface area contributed by atoms with Crippen LogP contribution in [0.25, 0.3) is 0 Å². The smallest absolute Gasteiger partial charge is 0.246 e. The third-order valence-electron chi connectivity index (χ3n) is 2.94. The summed E-state index contributed by atoms with van der Waals surface area (Å²) in [6.07, 6.45) is 0. The second-order valence-electron chi connectivity index (χ2n) is 4.73. The number of benzene rings is 2. The molecule has 1 atom stereocenters. The van der Waals surface area contributed by atoms with Crippen LogP contribution in [0.1, 0.15) is 12.5 Å². The van der Waals surface area contributed by atoms with Crippen molar-refractivity contribution < 1.29 is 9.18 Å². The molecule has 3 nitrogen and oxygen atoms in total. The first-order valence-corrected chi connectivity index (χ1v) is 6.44. The van der Waals surface area contributed by atoms with Crippen molar-refractivity contribution in [1.82, 2.24) is 0 Å². The maximum absolute atomic E-state index is 12.8. The van der Waals surface area contributed by atoms with Crippen LogP contribution in [0.2, 0.25) is 0 Å². The molecular weight excluding hydrogens is 255 g/mol. The van der Waals surface area contributed by atoms with Gasteiger partial charge in [0, 0.05) is 11.4 Å². The molecule has 4 heteroatoms. The highest BCUT2D eigenvalue weighted by atomic mass is 19.1. The summed E-state index contributed by atoms with van der Waals surface area (Å²) in [5.41, 5.74) is 2.63. The number of hydrogen-bond acceptors (Lipinski definition) is 2. The first kappa shape index (κ1) is 14.1. The van der Waals surface area contributed by atoms with E-state index in [1.54, 1.807) is 6.92 Å². The number of nitrogens with one attached hydrogen (secondary N) is 2. The van der Waals surface area contributed by atoms with Gasteiger partial charge in [-0.2, -0.15) is 0 Å². The molecule has 0 saturated heterocycles. The molecule has 2 aromatic carbocycles. The van der Waals surface area contributed by atoms with Gasteiger partial charge in [0.25, 0.3) is 0 Å². The second kappa shape index (κ2) is 6.19. The van der Waals surface area contributed by atoms with Crippen molar-refractivity contribution in [3.63, 3.8) is 0 Å². The van der Waals surface area contributed by atoms with Gasteiger partial charge in [-0.1, -0.05) is 17.7 Å². The summed E-state index contributed by atoms with van der Waals surface area (Å²) in [5.74, 6) is -0.494. The van der Waals surface area contributed by atoms with Crippen LogP contribution in [0, 0.1) is 12.7 Å². The average Bonchev–Trinajstić information content (AvgIpc) is 2.44. The number of anilines is 2. The largest absolute Gasteiger partial charge is 0.374 e. The number of halogens is 1. The zero-order valence-corrected chi connectivity index (χ0v) is 11.5. The highest BCUT2D eigenvalue weighted by Crippen LogP contribution is 2.12. The molecule has 0 spiro atoms. The number of hydrogen-bond donors (Lipinski definition) is 2. The summed E-state index contributed by atoms with van der Waals surface area (Å²) in [6.45, 7) is 3.78. The van der Waals surface area contributed by atoms with Gasteiger partial charge in [0.15, 0.2) is 0 Å². The Balaban J connectivity index is 1.94. The van der Waals surface area contributed by atoms with Crippen molar-refractivity contribution in [3.8, 4) is 0 Å². The molecule has 0 aliphatic carbocycles. The highest BCUT2D eigenvalue weighted by Gasteiger charge is 2.12. The van der Waals surface area contributed by atoms with Crippen molar-refractivity contribution in [2.45, 2.75) is 19.9 Å². The monoisotopic (exact) mass is 272 g/mol. The number of carbonyl (C=O) groups excluding carboxylic acids is 1. The van der Waals surface area contributed by atoms with Gasteiger partial charge < -0.3 is 10.6 Å². The minimum Gasteiger partial charge on any atom is -0.374 e. The van der Waals surface area contributed by atoms with Crippen LogP contribution in [0.15, 0.2) is 48.5 Å². The molecule has 2 rings (SSSR count). The lowest BCUT2D eigenvalue weighted by molar-refractivity contribution is -0.116. The van der Waals surface area contributed by atoms with Crippen LogP contribution < -0.4 is 10.6 Å². The molecule has 0 fully saturated rings. The number of rotatable bonds is 4. The molecule has 0 bridgehead atoms. The third kappa shape index (κ3) is 3.82. The Morgan fingerprint density at radius 1 is 1.00 bits per heavy atom. The maximum Gasteiger partial charge on any atom is 0.246 e.